The molecule has 1 amide bonds. The monoisotopic (exact) mass is 292 g/mol. The first-order valence-electron chi connectivity index (χ1n) is 5.53. The first-order chi connectivity index (χ1) is 9.54. The molecule has 0 atom stereocenters. The highest BCUT2D eigenvalue weighted by molar-refractivity contribution is 7.16. The fourth-order valence-corrected chi connectivity index (χ4v) is 2.16. The molecular formula is C13H9FN2O3S. The van der Waals surface area contributed by atoms with E-state index in [1.807, 2.05) is 0 Å². The number of hydrogen-bond donors (Lipinski definition) is 1. The van der Waals surface area contributed by atoms with Gasteiger partial charge >= 0.3 is 5.00 Å². The summed E-state index contributed by atoms with van der Waals surface area (Å²) in [6.07, 6.45) is 2.70. The Kier molecular flexibility index (Phi) is 4.21. The number of nitro groups is 1. The number of halogens is 1. The molecule has 20 heavy (non-hydrogen) atoms. The van der Waals surface area contributed by atoms with Crippen LogP contribution in [0, 0.1) is 15.9 Å². The van der Waals surface area contributed by atoms with E-state index in [1.165, 1.54) is 36.4 Å². The Balaban J connectivity index is 2.00. The van der Waals surface area contributed by atoms with Crippen LogP contribution >= 0.6 is 11.3 Å². The highest BCUT2D eigenvalue weighted by Gasteiger charge is 2.08. The lowest BCUT2D eigenvalue weighted by Gasteiger charge is -2.00. The van der Waals surface area contributed by atoms with Gasteiger partial charge in [0.2, 0.25) is 5.91 Å². The zero-order valence-corrected chi connectivity index (χ0v) is 10.9. The third kappa shape index (κ3) is 3.72. The molecule has 0 aliphatic rings. The highest BCUT2D eigenvalue weighted by atomic mass is 32.1. The average molecular weight is 292 g/mol. The topological polar surface area (TPSA) is 72.2 Å². The number of thiophene rings is 1. The van der Waals surface area contributed by atoms with Crippen molar-refractivity contribution in [2.45, 2.75) is 0 Å². The molecule has 0 saturated heterocycles. The lowest BCUT2D eigenvalue weighted by molar-refractivity contribution is -0.380. The molecular weight excluding hydrogens is 283 g/mol. The van der Waals surface area contributed by atoms with E-state index in [-0.39, 0.29) is 5.00 Å². The zero-order valence-electron chi connectivity index (χ0n) is 10.1. The van der Waals surface area contributed by atoms with Gasteiger partial charge in [0.25, 0.3) is 0 Å². The molecule has 2 rings (SSSR count). The summed E-state index contributed by atoms with van der Waals surface area (Å²) in [6, 6.07) is 8.43. The largest absolute Gasteiger partial charge is 0.324 e. The Morgan fingerprint density at radius 3 is 2.80 bits per heavy atom. The lowest BCUT2D eigenvalue weighted by Crippen LogP contribution is -2.07. The number of carbonyl (C=O) groups is 1. The predicted octanol–water partition coefficient (Wildman–Crippen LogP) is 3.45. The molecule has 0 spiro atoms. The Bertz CT molecular complexity index is 682. The van der Waals surface area contributed by atoms with Crippen LogP contribution in [0.5, 0.6) is 0 Å². The van der Waals surface area contributed by atoms with Crippen molar-refractivity contribution < 1.29 is 14.1 Å². The SMILES string of the molecule is O=C(/C=C/c1ccc([N+](=O)[O-])s1)Nc1cccc(F)c1. The fraction of sp³-hybridized carbons (Fsp3) is 0. The minimum atomic E-state index is -0.491. The van der Waals surface area contributed by atoms with Gasteiger partial charge in [0.15, 0.2) is 0 Å². The summed E-state index contributed by atoms with van der Waals surface area (Å²) in [4.78, 5) is 22.2. The number of nitrogens with zero attached hydrogens (tertiary/aromatic N) is 1. The van der Waals surface area contributed by atoms with Gasteiger partial charge in [-0.2, -0.15) is 0 Å². The molecule has 0 bridgehead atoms. The highest BCUT2D eigenvalue weighted by Crippen LogP contribution is 2.24. The molecule has 1 aromatic heterocycles. The van der Waals surface area contributed by atoms with Crippen molar-refractivity contribution >= 4 is 34.0 Å². The van der Waals surface area contributed by atoms with Crippen LogP contribution in [0.2, 0.25) is 0 Å². The normalized spacial score (nSPS) is 10.7. The van der Waals surface area contributed by atoms with Crippen LogP contribution in [-0.4, -0.2) is 10.8 Å². The molecule has 102 valence electrons. The second-order valence-electron chi connectivity index (χ2n) is 3.77. The summed E-state index contributed by atoms with van der Waals surface area (Å²) in [7, 11) is 0. The van der Waals surface area contributed by atoms with Crippen LogP contribution in [0.15, 0.2) is 42.5 Å². The number of benzene rings is 1. The average Bonchev–Trinajstić information content (AvgIpc) is 2.85. The Labute approximate surface area is 117 Å². The van der Waals surface area contributed by atoms with Gasteiger partial charge in [-0.25, -0.2) is 4.39 Å². The van der Waals surface area contributed by atoms with E-state index in [1.54, 1.807) is 12.1 Å². The van der Waals surface area contributed by atoms with Crippen molar-refractivity contribution in [2.75, 3.05) is 5.32 Å². The number of nitrogens with one attached hydrogen (secondary N) is 1. The van der Waals surface area contributed by atoms with Gasteiger partial charge in [0, 0.05) is 22.7 Å². The molecule has 1 heterocycles. The third-order valence-electron chi connectivity index (χ3n) is 2.28. The molecule has 1 N–H and O–H groups in total. The summed E-state index contributed by atoms with van der Waals surface area (Å²) < 4.78 is 12.9. The van der Waals surface area contributed by atoms with E-state index in [2.05, 4.69) is 5.32 Å². The summed E-state index contributed by atoms with van der Waals surface area (Å²) in [5.41, 5.74) is 0.344. The van der Waals surface area contributed by atoms with Crippen molar-refractivity contribution in [3.05, 3.63) is 63.3 Å². The first kappa shape index (κ1) is 13.9. The number of rotatable bonds is 4. The van der Waals surface area contributed by atoms with Crippen molar-refractivity contribution in [3.8, 4) is 0 Å². The second kappa shape index (κ2) is 6.07. The summed E-state index contributed by atoms with van der Waals surface area (Å²) in [5.74, 6) is -0.882. The standard InChI is InChI=1S/C13H9FN2O3S/c14-9-2-1-3-10(8-9)15-12(17)6-4-11-5-7-13(20-11)16(18)19/h1-8H,(H,15,17)/b6-4+. The molecule has 0 radical (unpaired) electrons. The van der Waals surface area contributed by atoms with Gasteiger partial charge in [0.1, 0.15) is 5.82 Å². The number of anilines is 1. The molecule has 0 saturated carbocycles. The van der Waals surface area contributed by atoms with Gasteiger partial charge in [-0.15, -0.1) is 0 Å². The van der Waals surface area contributed by atoms with Crippen molar-refractivity contribution in [2.24, 2.45) is 0 Å². The maximum Gasteiger partial charge on any atom is 0.324 e. The number of carbonyl (C=O) groups excluding carboxylic acids is 1. The van der Waals surface area contributed by atoms with Crippen molar-refractivity contribution in [1.29, 1.82) is 0 Å². The summed E-state index contributed by atoms with van der Waals surface area (Å²) in [6.45, 7) is 0. The number of amides is 1. The van der Waals surface area contributed by atoms with Crippen LogP contribution in [0.1, 0.15) is 4.88 Å². The Morgan fingerprint density at radius 1 is 1.35 bits per heavy atom. The van der Waals surface area contributed by atoms with E-state index in [0.29, 0.717) is 10.6 Å². The number of hydrogen-bond acceptors (Lipinski definition) is 4. The third-order valence-corrected chi connectivity index (χ3v) is 3.29. The molecule has 0 unspecified atom stereocenters. The van der Waals surface area contributed by atoms with Crippen LogP contribution in [0.4, 0.5) is 15.1 Å². The van der Waals surface area contributed by atoms with E-state index in [9.17, 15) is 19.3 Å². The maximum absolute atomic E-state index is 12.9. The molecule has 5 nitrogen and oxygen atoms in total. The van der Waals surface area contributed by atoms with Crippen LogP contribution in [0.3, 0.4) is 0 Å². The molecule has 0 fully saturated rings. The molecule has 0 aliphatic heterocycles. The molecule has 0 aliphatic carbocycles. The summed E-state index contributed by atoms with van der Waals surface area (Å²) in [5, 5.41) is 13.0. The molecule has 1 aromatic carbocycles. The minimum Gasteiger partial charge on any atom is -0.322 e. The zero-order chi connectivity index (χ0) is 14.5. The van der Waals surface area contributed by atoms with Crippen LogP contribution in [0.25, 0.3) is 6.08 Å². The van der Waals surface area contributed by atoms with E-state index in [4.69, 9.17) is 0 Å². The van der Waals surface area contributed by atoms with E-state index < -0.39 is 16.6 Å². The van der Waals surface area contributed by atoms with E-state index >= 15 is 0 Å². The van der Waals surface area contributed by atoms with Crippen molar-refractivity contribution in [1.82, 2.24) is 0 Å². The van der Waals surface area contributed by atoms with Gasteiger partial charge in [-0.1, -0.05) is 17.4 Å². The lowest BCUT2D eigenvalue weighted by atomic mass is 10.3. The van der Waals surface area contributed by atoms with Gasteiger partial charge in [-0.05, 0) is 30.3 Å². The van der Waals surface area contributed by atoms with E-state index in [0.717, 1.165) is 11.3 Å². The quantitative estimate of drug-likeness (QED) is 0.533. The van der Waals surface area contributed by atoms with Gasteiger partial charge in [0.05, 0.1) is 4.92 Å². The molecule has 7 heteroatoms. The van der Waals surface area contributed by atoms with Crippen molar-refractivity contribution in [3.63, 3.8) is 0 Å². The van der Waals surface area contributed by atoms with Crippen LogP contribution in [-0.2, 0) is 4.79 Å². The first-order valence-corrected chi connectivity index (χ1v) is 6.35. The summed E-state index contributed by atoms with van der Waals surface area (Å²) >= 11 is 0.966. The van der Waals surface area contributed by atoms with Gasteiger partial charge in [-0.3, -0.25) is 14.9 Å². The predicted molar refractivity (Wildman–Crippen MR) is 75.0 cm³/mol. The smallest absolute Gasteiger partial charge is 0.322 e. The second-order valence-corrected chi connectivity index (χ2v) is 4.86. The van der Waals surface area contributed by atoms with Gasteiger partial charge < -0.3 is 5.32 Å². The maximum atomic E-state index is 12.9. The minimum absolute atomic E-state index is 0.00943. The molecule has 2 aromatic rings. The van der Waals surface area contributed by atoms with Crippen LogP contribution < -0.4 is 5.32 Å². The Morgan fingerprint density at radius 2 is 2.15 bits per heavy atom. The Hall–Kier alpha value is -2.54. The fourth-order valence-electron chi connectivity index (χ4n) is 1.44.